The zero-order valence-electron chi connectivity index (χ0n) is 12.4. The number of sulfonamides is 1. The fraction of sp³-hybridized carbons (Fsp3) is 0.923. The topological polar surface area (TPSA) is 75.7 Å². The van der Waals surface area contributed by atoms with E-state index in [-0.39, 0.29) is 18.1 Å². The zero-order valence-corrected chi connectivity index (χ0v) is 13.2. The van der Waals surface area contributed by atoms with Gasteiger partial charge in [-0.2, -0.15) is 4.31 Å². The maximum absolute atomic E-state index is 12.0. The van der Waals surface area contributed by atoms with Gasteiger partial charge in [0.15, 0.2) is 0 Å². The van der Waals surface area contributed by atoms with Crippen LogP contribution in [-0.4, -0.2) is 57.2 Å². The number of ether oxygens (including phenoxy) is 1. The Morgan fingerprint density at radius 2 is 1.85 bits per heavy atom. The molecule has 20 heavy (non-hydrogen) atoms. The molecule has 0 aromatic rings. The van der Waals surface area contributed by atoms with E-state index < -0.39 is 10.0 Å². The number of nitrogens with one attached hydrogen (secondary N) is 1. The van der Waals surface area contributed by atoms with Crippen molar-refractivity contribution in [2.24, 2.45) is 5.92 Å². The van der Waals surface area contributed by atoms with E-state index in [9.17, 15) is 13.2 Å². The van der Waals surface area contributed by atoms with E-state index in [1.54, 1.807) is 0 Å². The normalized spacial score (nSPS) is 17.4. The summed E-state index contributed by atoms with van der Waals surface area (Å²) < 4.78 is 30.6. The number of hydrogen-bond donors (Lipinski definition) is 1. The SMILES string of the molecule is CCC(CC)CNC(=O)CCS(=O)(=O)N1CCOCC1. The van der Waals surface area contributed by atoms with Gasteiger partial charge in [0, 0.05) is 26.1 Å². The van der Waals surface area contributed by atoms with Crippen molar-refractivity contribution in [3.8, 4) is 0 Å². The molecule has 0 spiro atoms. The first kappa shape index (κ1) is 17.4. The van der Waals surface area contributed by atoms with Crippen LogP contribution < -0.4 is 5.32 Å². The second-order valence-corrected chi connectivity index (χ2v) is 7.15. The van der Waals surface area contributed by atoms with Crippen LogP contribution in [0.5, 0.6) is 0 Å². The fourth-order valence-corrected chi connectivity index (χ4v) is 3.51. The molecule has 1 aliphatic rings. The minimum Gasteiger partial charge on any atom is -0.379 e. The van der Waals surface area contributed by atoms with Crippen LogP contribution in [0.4, 0.5) is 0 Å². The third-order valence-electron chi connectivity index (χ3n) is 3.69. The Labute approximate surface area is 121 Å². The molecule has 0 atom stereocenters. The van der Waals surface area contributed by atoms with E-state index in [1.807, 2.05) is 0 Å². The van der Waals surface area contributed by atoms with Crippen LogP contribution in [0, 0.1) is 5.92 Å². The van der Waals surface area contributed by atoms with Crippen molar-refractivity contribution in [3.63, 3.8) is 0 Å². The van der Waals surface area contributed by atoms with E-state index >= 15 is 0 Å². The number of hydrogen-bond acceptors (Lipinski definition) is 4. The molecule has 1 fully saturated rings. The number of morpholine rings is 1. The second kappa shape index (κ2) is 8.59. The van der Waals surface area contributed by atoms with E-state index in [0.29, 0.717) is 38.8 Å². The smallest absolute Gasteiger partial charge is 0.221 e. The minimum atomic E-state index is -3.34. The van der Waals surface area contributed by atoms with Crippen LogP contribution in [0.2, 0.25) is 0 Å². The highest BCUT2D eigenvalue weighted by atomic mass is 32.2. The van der Waals surface area contributed by atoms with Crippen molar-refractivity contribution in [1.29, 1.82) is 0 Å². The van der Waals surface area contributed by atoms with Gasteiger partial charge in [0.25, 0.3) is 0 Å². The highest BCUT2D eigenvalue weighted by Gasteiger charge is 2.24. The van der Waals surface area contributed by atoms with Crippen molar-refractivity contribution < 1.29 is 17.9 Å². The summed E-state index contributed by atoms with van der Waals surface area (Å²) in [4.78, 5) is 11.7. The summed E-state index contributed by atoms with van der Waals surface area (Å²) in [5, 5.41) is 2.81. The number of rotatable bonds is 8. The lowest BCUT2D eigenvalue weighted by molar-refractivity contribution is -0.120. The van der Waals surface area contributed by atoms with Crippen molar-refractivity contribution in [2.75, 3.05) is 38.6 Å². The fourth-order valence-electron chi connectivity index (χ4n) is 2.10. The molecule has 6 nitrogen and oxygen atoms in total. The van der Waals surface area contributed by atoms with Gasteiger partial charge in [-0.25, -0.2) is 8.42 Å². The van der Waals surface area contributed by atoms with Crippen LogP contribution in [0.1, 0.15) is 33.1 Å². The molecule has 1 heterocycles. The summed E-state index contributed by atoms with van der Waals surface area (Å²) in [5.41, 5.74) is 0. The average molecular weight is 306 g/mol. The largest absolute Gasteiger partial charge is 0.379 e. The quantitative estimate of drug-likeness (QED) is 0.712. The molecule has 0 bridgehead atoms. The Bertz CT molecular complexity index is 387. The molecule has 0 radical (unpaired) electrons. The van der Waals surface area contributed by atoms with E-state index in [0.717, 1.165) is 12.8 Å². The van der Waals surface area contributed by atoms with Crippen LogP contribution in [0.15, 0.2) is 0 Å². The molecule has 1 saturated heterocycles. The van der Waals surface area contributed by atoms with Gasteiger partial charge >= 0.3 is 0 Å². The highest BCUT2D eigenvalue weighted by Crippen LogP contribution is 2.08. The molecule has 1 aliphatic heterocycles. The van der Waals surface area contributed by atoms with Gasteiger partial charge in [0.2, 0.25) is 15.9 Å². The molecular formula is C13H26N2O4S. The Morgan fingerprint density at radius 3 is 2.40 bits per heavy atom. The molecule has 0 aromatic carbocycles. The third kappa shape index (κ3) is 5.76. The number of amides is 1. The predicted octanol–water partition coefficient (Wildman–Crippen LogP) is 0.591. The first-order valence-electron chi connectivity index (χ1n) is 7.31. The molecule has 0 aromatic heterocycles. The Kier molecular flexibility index (Phi) is 7.47. The Morgan fingerprint density at radius 1 is 1.25 bits per heavy atom. The van der Waals surface area contributed by atoms with Gasteiger partial charge in [0.05, 0.1) is 19.0 Å². The molecule has 1 amide bonds. The monoisotopic (exact) mass is 306 g/mol. The van der Waals surface area contributed by atoms with Gasteiger partial charge in [-0.05, 0) is 5.92 Å². The minimum absolute atomic E-state index is 0.0276. The summed E-state index contributed by atoms with van der Waals surface area (Å²) in [5.74, 6) is 0.158. The summed E-state index contributed by atoms with van der Waals surface area (Å²) in [6.45, 7) is 6.44. The molecule has 0 aliphatic carbocycles. The lowest BCUT2D eigenvalue weighted by Gasteiger charge is -2.25. The number of carbonyl (C=O) groups excluding carboxylic acids is 1. The van der Waals surface area contributed by atoms with Crippen molar-refractivity contribution in [3.05, 3.63) is 0 Å². The first-order valence-corrected chi connectivity index (χ1v) is 8.92. The average Bonchev–Trinajstić information content (AvgIpc) is 2.47. The van der Waals surface area contributed by atoms with Crippen molar-refractivity contribution in [2.45, 2.75) is 33.1 Å². The van der Waals surface area contributed by atoms with Crippen molar-refractivity contribution in [1.82, 2.24) is 9.62 Å². The van der Waals surface area contributed by atoms with Crippen molar-refractivity contribution >= 4 is 15.9 Å². The summed E-state index contributed by atoms with van der Waals surface area (Å²) in [6, 6.07) is 0. The van der Waals surface area contributed by atoms with Gasteiger partial charge in [-0.1, -0.05) is 26.7 Å². The highest BCUT2D eigenvalue weighted by molar-refractivity contribution is 7.89. The maximum atomic E-state index is 12.0. The molecule has 7 heteroatoms. The lowest BCUT2D eigenvalue weighted by Crippen LogP contribution is -2.42. The zero-order chi connectivity index (χ0) is 15.0. The Hall–Kier alpha value is -0.660. The Balaban J connectivity index is 2.32. The summed E-state index contributed by atoms with van der Waals surface area (Å²) >= 11 is 0. The molecule has 0 saturated carbocycles. The van der Waals surface area contributed by atoms with Crippen LogP contribution >= 0.6 is 0 Å². The van der Waals surface area contributed by atoms with E-state index in [2.05, 4.69) is 19.2 Å². The number of carbonyl (C=O) groups is 1. The van der Waals surface area contributed by atoms with Gasteiger partial charge in [-0.15, -0.1) is 0 Å². The van der Waals surface area contributed by atoms with Crippen LogP contribution in [-0.2, 0) is 19.6 Å². The standard InChI is InChI=1S/C13H26N2O4S/c1-3-12(4-2)11-14-13(16)5-10-20(17,18)15-6-8-19-9-7-15/h12H,3-11H2,1-2H3,(H,14,16). The number of nitrogens with zero attached hydrogens (tertiary/aromatic N) is 1. The van der Waals surface area contributed by atoms with Gasteiger partial charge in [-0.3, -0.25) is 4.79 Å². The predicted molar refractivity (Wildman–Crippen MR) is 77.9 cm³/mol. The second-order valence-electron chi connectivity index (χ2n) is 5.06. The molecule has 1 N–H and O–H groups in total. The maximum Gasteiger partial charge on any atom is 0.221 e. The molecule has 1 rings (SSSR count). The van der Waals surface area contributed by atoms with Crippen LogP contribution in [0.3, 0.4) is 0 Å². The lowest BCUT2D eigenvalue weighted by atomic mass is 10.0. The summed E-state index contributed by atoms with van der Waals surface area (Å²) in [6.07, 6.45) is 2.06. The first-order chi connectivity index (χ1) is 9.49. The third-order valence-corrected chi connectivity index (χ3v) is 5.57. The van der Waals surface area contributed by atoms with E-state index in [1.165, 1.54) is 4.31 Å². The van der Waals surface area contributed by atoms with E-state index in [4.69, 9.17) is 4.74 Å². The molecular weight excluding hydrogens is 280 g/mol. The van der Waals surface area contributed by atoms with Gasteiger partial charge < -0.3 is 10.1 Å². The summed E-state index contributed by atoms with van der Waals surface area (Å²) in [7, 11) is -3.34. The van der Waals surface area contributed by atoms with Crippen LogP contribution in [0.25, 0.3) is 0 Å². The molecule has 0 unspecified atom stereocenters. The van der Waals surface area contributed by atoms with Gasteiger partial charge in [0.1, 0.15) is 0 Å². The molecule has 118 valence electrons.